The lowest BCUT2D eigenvalue weighted by Crippen LogP contribution is -2.36. The minimum Gasteiger partial charge on any atom is -0.359 e. The van der Waals surface area contributed by atoms with Gasteiger partial charge in [-0.05, 0) is 20.8 Å². The van der Waals surface area contributed by atoms with Gasteiger partial charge in [-0.2, -0.15) is 5.10 Å². The number of aromatic amines is 1. The van der Waals surface area contributed by atoms with Gasteiger partial charge in [0.25, 0.3) is 0 Å². The lowest BCUT2D eigenvalue weighted by Gasteiger charge is -2.33. The molecule has 1 aliphatic rings. The predicted octanol–water partition coefficient (Wildman–Crippen LogP) is 2.85. The summed E-state index contributed by atoms with van der Waals surface area (Å²) in [5.41, 5.74) is 6.59. The molecule has 0 spiro atoms. The molecule has 7 heteroatoms. The number of nitrogens with one attached hydrogen (secondary N) is 1. The Morgan fingerprint density at radius 3 is 2.96 bits per heavy atom. The van der Waals surface area contributed by atoms with Gasteiger partial charge in [-0.1, -0.05) is 11.2 Å². The molecule has 0 bridgehead atoms. The second-order valence-electron chi connectivity index (χ2n) is 6.88. The summed E-state index contributed by atoms with van der Waals surface area (Å²) in [6.45, 7) is 12.4. The van der Waals surface area contributed by atoms with Crippen molar-refractivity contribution in [1.82, 2.24) is 29.8 Å². The van der Waals surface area contributed by atoms with Gasteiger partial charge in [-0.25, -0.2) is 4.98 Å². The molecule has 1 atom stereocenters. The molecule has 0 radical (unpaired) electrons. The molecule has 3 aromatic heterocycles. The zero-order chi connectivity index (χ0) is 18.3. The highest BCUT2D eigenvalue weighted by Crippen LogP contribution is 2.35. The first-order chi connectivity index (χ1) is 12.6. The number of hydrogen-bond donors (Lipinski definition) is 1. The topological polar surface area (TPSA) is 75.8 Å². The van der Waals surface area contributed by atoms with Gasteiger partial charge in [0.15, 0.2) is 5.76 Å². The maximum Gasteiger partial charge on any atom is 0.160 e. The van der Waals surface area contributed by atoms with Crippen molar-refractivity contribution >= 4 is 0 Å². The third kappa shape index (κ3) is 2.78. The Kier molecular flexibility index (Phi) is 4.24. The third-order valence-electron chi connectivity index (χ3n) is 5.14. The van der Waals surface area contributed by atoms with Crippen LogP contribution in [-0.2, 0) is 19.5 Å². The smallest absolute Gasteiger partial charge is 0.160 e. The van der Waals surface area contributed by atoms with Crippen molar-refractivity contribution in [3.63, 3.8) is 0 Å². The number of fused-ring (bicyclic) bond motifs is 1. The first-order valence-electron chi connectivity index (χ1n) is 8.91. The molecule has 3 aromatic rings. The Bertz CT molecular complexity index is 934. The Hall–Kier alpha value is -2.67. The maximum atomic E-state index is 5.62. The molecule has 0 aromatic carbocycles. The lowest BCUT2D eigenvalue weighted by atomic mass is 9.99. The van der Waals surface area contributed by atoms with Crippen LogP contribution < -0.4 is 0 Å². The lowest BCUT2D eigenvalue weighted by molar-refractivity contribution is 0.169. The zero-order valence-corrected chi connectivity index (χ0v) is 15.5. The van der Waals surface area contributed by atoms with Crippen molar-refractivity contribution in [2.75, 3.05) is 6.54 Å². The molecule has 0 amide bonds. The summed E-state index contributed by atoms with van der Waals surface area (Å²) < 4.78 is 7.63. The van der Waals surface area contributed by atoms with Crippen LogP contribution in [0.2, 0.25) is 0 Å². The van der Waals surface area contributed by atoms with Crippen LogP contribution >= 0.6 is 0 Å². The summed E-state index contributed by atoms with van der Waals surface area (Å²) in [6, 6.07) is 1.97. The Labute approximate surface area is 152 Å². The highest BCUT2D eigenvalue weighted by Gasteiger charge is 2.34. The van der Waals surface area contributed by atoms with Crippen molar-refractivity contribution in [3.05, 3.63) is 64.8 Å². The molecular weight excluding hydrogens is 328 g/mol. The number of hydrogen-bond acceptors (Lipinski definition) is 5. The average molecular weight is 352 g/mol. The summed E-state index contributed by atoms with van der Waals surface area (Å²) in [5, 5.41) is 8.75. The van der Waals surface area contributed by atoms with E-state index in [0.717, 1.165) is 48.9 Å². The predicted molar refractivity (Wildman–Crippen MR) is 97.7 cm³/mol. The van der Waals surface area contributed by atoms with Crippen LogP contribution in [0.3, 0.4) is 0 Å². The second-order valence-corrected chi connectivity index (χ2v) is 6.88. The molecule has 7 nitrogen and oxygen atoms in total. The SMILES string of the molecule is C=CCn1nc(C)c(CN2CCc3[nH]cnc3[C@@H]2c2cc(C)no2)c1C. The number of nitrogens with zero attached hydrogens (tertiary/aromatic N) is 5. The Morgan fingerprint density at radius 2 is 2.23 bits per heavy atom. The van der Waals surface area contributed by atoms with E-state index in [1.165, 1.54) is 17.0 Å². The number of imidazole rings is 1. The van der Waals surface area contributed by atoms with Crippen LogP contribution in [0, 0.1) is 20.8 Å². The average Bonchev–Trinajstić information content (AvgIpc) is 3.31. The van der Waals surface area contributed by atoms with Gasteiger partial charge in [0.05, 0.1) is 30.0 Å². The van der Waals surface area contributed by atoms with Gasteiger partial charge in [0, 0.05) is 42.5 Å². The molecule has 26 heavy (non-hydrogen) atoms. The van der Waals surface area contributed by atoms with E-state index in [4.69, 9.17) is 4.52 Å². The molecule has 0 unspecified atom stereocenters. The van der Waals surface area contributed by atoms with Gasteiger partial charge >= 0.3 is 0 Å². The summed E-state index contributed by atoms with van der Waals surface area (Å²) >= 11 is 0. The summed E-state index contributed by atoms with van der Waals surface area (Å²) in [5.74, 6) is 0.837. The van der Waals surface area contributed by atoms with Crippen LogP contribution in [-0.4, -0.2) is 36.3 Å². The van der Waals surface area contributed by atoms with Crippen molar-refractivity contribution < 1.29 is 4.52 Å². The van der Waals surface area contributed by atoms with Crippen LogP contribution in [0.25, 0.3) is 0 Å². The van der Waals surface area contributed by atoms with Gasteiger partial charge in [-0.3, -0.25) is 9.58 Å². The third-order valence-corrected chi connectivity index (χ3v) is 5.14. The fraction of sp³-hybridized carbons (Fsp3) is 0.421. The van der Waals surface area contributed by atoms with E-state index in [-0.39, 0.29) is 6.04 Å². The van der Waals surface area contributed by atoms with E-state index in [2.05, 4.69) is 45.5 Å². The summed E-state index contributed by atoms with van der Waals surface area (Å²) in [7, 11) is 0. The quantitative estimate of drug-likeness (QED) is 0.715. The molecule has 0 aliphatic carbocycles. The van der Waals surface area contributed by atoms with E-state index >= 15 is 0 Å². The highest BCUT2D eigenvalue weighted by atomic mass is 16.5. The van der Waals surface area contributed by atoms with Crippen LogP contribution in [0.4, 0.5) is 0 Å². The van der Waals surface area contributed by atoms with E-state index in [1.54, 1.807) is 6.33 Å². The van der Waals surface area contributed by atoms with Crippen LogP contribution in [0.15, 0.2) is 29.6 Å². The monoisotopic (exact) mass is 352 g/mol. The van der Waals surface area contributed by atoms with Crippen molar-refractivity contribution in [3.8, 4) is 0 Å². The Balaban J connectivity index is 1.70. The van der Waals surface area contributed by atoms with Gasteiger partial charge < -0.3 is 9.51 Å². The largest absolute Gasteiger partial charge is 0.359 e. The zero-order valence-electron chi connectivity index (χ0n) is 15.5. The molecule has 136 valence electrons. The van der Waals surface area contributed by atoms with Crippen LogP contribution in [0.1, 0.15) is 45.8 Å². The minimum atomic E-state index is -0.0345. The molecule has 4 heterocycles. The molecule has 0 fully saturated rings. The van der Waals surface area contributed by atoms with Gasteiger partial charge in [0.2, 0.25) is 0 Å². The number of rotatable bonds is 5. The van der Waals surface area contributed by atoms with E-state index in [9.17, 15) is 0 Å². The first-order valence-corrected chi connectivity index (χ1v) is 8.91. The summed E-state index contributed by atoms with van der Waals surface area (Å²) in [4.78, 5) is 10.2. The number of aromatic nitrogens is 5. The number of aryl methyl sites for hydroxylation is 2. The molecule has 4 rings (SSSR count). The van der Waals surface area contributed by atoms with E-state index in [0.29, 0.717) is 0 Å². The van der Waals surface area contributed by atoms with E-state index < -0.39 is 0 Å². The Morgan fingerprint density at radius 1 is 1.38 bits per heavy atom. The van der Waals surface area contributed by atoms with Crippen LogP contribution in [0.5, 0.6) is 0 Å². The number of H-pyrrole nitrogens is 1. The summed E-state index contributed by atoms with van der Waals surface area (Å²) in [6.07, 6.45) is 4.58. The molecule has 0 saturated heterocycles. The standard InChI is InChI=1S/C19H24N6O/c1-5-7-25-14(4)15(13(3)22-25)10-24-8-6-16-18(21-11-20-16)19(24)17-9-12(2)23-26-17/h5,9,11,19H,1,6-8,10H2,2-4H3,(H,20,21)/t19-/m0/s1. The molecule has 1 N–H and O–H groups in total. The molecule has 0 saturated carbocycles. The van der Waals surface area contributed by atoms with Gasteiger partial charge in [-0.15, -0.1) is 6.58 Å². The van der Waals surface area contributed by atoms with E-state index in [1.807, 2.05) is 23.7 Å². The number of allylic oxidation sites excluding steroid dienone is 1. The normalized spacial score (nSPS) is 17.4. The second kappa shape index (κ2) is 6.57. The fourth-order valence-electron chi connectivity index (χ4n) is 3.79. The maximum absolute atomic E-state index is 5.62. The molecule has 1 aliphatic heterocycles. The van der Waals surface area contributed by atoms with Crippen molar-refractivity contribution in [2.24, 2.45) is 0 Å². The minimum absolute atomic E-state index is 0.0345. The first kappa shape index (κ1) is 16.8. The van der Waals surface area contributed by atoms with Crippen molar-refractivity contribution in [2.45, 2.75) is 46.3 Å². The fourth-order valence-corrected chi connectivity index (χ4v) is 3.79. The highest BCUT2D eigenvalue weighted by molar-refractivity contribution is 5.30. The van der Waals surface area contributed by atoms with Gasteiger partial charge in [0.1, 0.15) is 6.04 Å². The molecular formula is C19H24N6O. The van der Waals surface area contributed by atoms with Crippen molar-refractivity contribution in [1.29, 1.82) is 0 Å².